The number of amides is 1. The van der Waals surface area contributed by atoms with Crippen molar-refractivity contribution in [3.63, 3.8) is 0 Å². The van der Waals surface area contributed by atoms with E-state index in [1.807, 2.05) is 66.0 Å². The molecule has 4 aromatic rings. The number of rotatable bonds is 10. The summed E-state index contributed by atoms with van der Waals surface area (Å²) in [7, 11) is 4.09. The minimum Gasteiger partial charge on any atom is -0.351 e. The number of nitrogens with one attached hydrogen (secondary N) is 1. The summed E-state index contributed by atoms with van der Waals surface area (Å²) in [4.78, 5) is 44.0. The number of carbonyl (C=O) groups excluding carboxylic acids is 1. The molecular weight excluding hydrogens is 546 g/mol. The van der Waals surface area contributed by atoms with Crippen molar-refractivity contribution in [3.05, 3.63) is 81.9 Å². The Kier molecular flexibility index (Phi) is 9.08. The van der Waals surface area contributed by atoms with Gasteiger partial charge in [0.05, 0.1) is 16.8 Å². The van der Waals surface area contributed by atoms with E-state index in [1.165, 1.54) is 17.3 Å². The summed E-state index contributed by atoms with van der Waals surface area (Å²) in [5.41, 5.74) is 2.84. The van der Waals surface area contributed by atoms with E-state index in [1.54, 1.807) is 6.07 Å². The molecule has 0 radical (unpaired) electrons. The van der Waals surface area contributed by atoms with E-state index in [0.717, 1.165) is 42.8 Å². The molecule has 0 bridgehead atoms. The van der Waals surface area contributed by atoms with Crippen molar-refractivity contribution >= 4 is 46.1 Å². The number of likely N-dealkylation sites (N-methyl/N-ethyl adjacent to an activating group) is 1. The number of anilines is 1. The average molecular weight is 580 g/mol. The third-order valence-electron chi connectivity index (χ3n) is 7.15. The van der Waals surface area contributed by atoms with E-state index in [4.69, 9.17) is 16.6 Å². The van der Waals surface area contributed by atoms with Gasteiger partial charge in [-0.1, -0.05) is 65.8 Å². The third kappa shape index (κ3) is 6.86. The molecule has 0 saturated carbocycles. The van der Waals surface area contributed by atoms with E-state index in [-0.39, 0.29) is 23.4 Å². The van der Waals surface area contributed by atoms with Gasteiger partial charge in [0.1, 0.15) is 11.0 Å². The van der Waals surface area contributed by atoms with E-state index in [2.05, 4.69) is 31.9 Å². The van der Waals surface area contributed by atoms with Crippen molar-refractivity contribution < 1.29 is 4.79 Å². The highest BCUT2D eigenvalue weighted by Gasteiger charge is 2.26. The van der Waals surface area contributed by atoms with Crippen LogP contribution in [0.3, 0.4) is 0 Å². The molecule has 0 unspecified atom stereocenters. The average Bonchev–Trinajstić information content (AvgIpc) is 3.29. The number of fused-ring (bicyclic) bond motifs is 1. The topological polar surface area (TPSA) is 90.4 Å². The summed E-state index contributed by atoms with van der Waals surface area (Å²) in [6.07, 6.45) is 1.46. The lowest BCUT2D eigenvalue weighted by Gasteiger charge is -2.32. The first-order valence-corrected chi connectivity index (χ1v) is 14.8. The van der Waals surface area contributed by atoms with Gasteiger partial charge in [-0.15, -0.1) is 0 Å². The maximum absolute atomic E-state index is 13.1. The number of carbonyl (C=O) groups is 1. The first-order valence-electron chi connectivity index (χ1n) is 13.5. The second kappa shape index (κ2) is 12.9. The van der Waals surface area contributed by atoms with E-state index in [9.17, 15) is 9.59 Å². The summed E-state index contributed by atoms with van der Waals surface area (Å²) in [6.45, 7) is 3.53. The molecule has 2 aromatic carbocycles. The predicted molar refractivity (Wildman–Crippen MR) is 161 cm³/mol. The minimum atomic E-state index is -0.0951. The Bertz CT molecular complexity index is 1500. The molecule has 0 aliphatic carbocycles. The number of piperidine rings is 1. The smallest absolute Gasteiger partial charge is 0.326 e. The van der Waals surface area contributed by atoms with Gasteiger partial charge in [0.2, 0.25) is 5.91 Å². The van der Waals surface area contributed by atoms with Crippen LogP contribution in [0.4, 0.5) is 5.82 Å². The van der Waals surface area contributed by atoms with Crippen molar-refractivity contribution in [2.24, 2.45) is 0 Å². The maximum atomic E-state index is 13.1. The van der Waals surface area contributed by atoms with Crippen molar-refractivity contribution in [2.75, 3.05) is 50.9 Å². The van der Waals surface area contributed by atoms with Crippen LogP contribution in [-0.4, -0.2) is 81.3 Å². The molecule has 1 saturated heterocycles. The van der Waals surface area contributed by atoms with Gasteiger partial charge >= 0.3 is 5.69 Å². The highest BCUT2D eigenvalue weighted by Crippen LogP contribution is 2.27. The number of para-hydroxylation sites is 2. The van der Waals surface area contributed by atoms with Gasteiger partial charge in [0.15, 0.2) is 5.16 Å². The van der Waals surface area contributed by atoms with Crippen LogP contribution in [0.5, 0.6) is 0 Å². The van der Waals surface area contributed by atoms with Crippen molar-refractivity contribution in [2.45, 2.75) is 30.6 Å². The number of aromatic amines is 1. The monoisotopic (exact) mass is 579 g/mol. The lowest BCUT2D eigenvalue weighted by Crippen LogP contribution is -2.41. The molecule has 1 N–H and O–H groups in total. The molecule has 0 spiro atoms. The lowest BCUT2D eigenvalue weighted by atomic mass is 10.0. The zero-order valence-corrected chi connectivity index (χ0v) is 24.4. The summed E-state index contributed by atoms with van der Waals surface area (Å²) in [5.74, 6) is 1.01. The molecule has 5 rings (SSSR count). The number of nitrogens with zero attached hydrogens (tertiary/aromatic N) is 6. The minimum absolute atomic E-state index is 0.0357. The number of imidazole rings is 1. The van der Waals surface area contributed by atoms with Crippen LogP contribution in [0, 0.1) is 0 Å². The van der Waals surface area contributed by atoms with Gasteiger partial charge in [-0.2, -0.15) is 0 Å². The molecule has 210 valence electrons. The van der Waals surface area contributed by atoms with Crippen LogP contribution in [0.1, 0.15) is 24.4 Å². The zero-order valence-electron chi connectivity index (χ0n) is 22.8. The van der Waals surface area contributed by atoms with E-state index in [0.29, 0.717) is 29.9 Å². The van der Waals surface area contributed by atoms with Crippen LogP contribution in [-0.2, 0) is 11.3 Å². The number of benzene rings is 2. The van der Waals surface area contributed by atoms with E-state index >= 15 is 0 Å². The molecule has 0 atom stereocenters. The molecule has 1 fully saturated rings. The standard InChI is InChI=1S/C29H34ClN7O2S/c1-34(2)16-17-36(19-21-8-4-3-5-9-21)26-18-25(30)32-28(33-26)40-20-27(38)35-14-12-22(13-15-35)37-24-11-7-6-10-23(24)31-29(37)39/h3-11,18,22H,12-17,19-20H2,1-2H3,(H,31,39). The quantitative estimate of drug-likeness (QED) is 0.170. The number of thioether (sulfide) groups is 1. The summed E-state index contributed by atoms with van der Waals surface area (Å²) >= 11 is 7.72. The molecule has 9 nitrogen and oxygen atoms in total. The van der Waals surface area contributed by atoms with Crippen LogP contribution < -0.4 is 10.6 Å². The van der Waals surface area contributed by atoms with Gasteiger partial charge in [0.25, 0.3) is 0 Å². The maximum Gasteiger partial charge on any atom is 0.326 e. The third-order valence-corrected chi connectivity index (χ3v) is 8.17. The van der Waals surface area contributed by atoms with Crippen molar-refractivity contribution in [3.8, 4) is 0 Å². The SMILES string of the molecule is CN(C)CCN(Cc1ccccc1)c1cc(Cl)nc(SCC(=O)N2CCC(n3c(=O)[nH]c4ccccc43)CC2)n1. The second-order valence-electron chi connectivity index (χ2n) is 10.3. The number of aromatic nitrogens is 4. The first kappa shape index (κ1) is 28.2. The van der Waals surface area contributed by atoms with Crippen LogP contribution >= 0.6 is 23.4 Å². The molecular formula is C29H34ClN7O2S. The van der Waals surface area contributed by atoms with E-state index < -0.39 is 0 Å². The highest BCUT2D eigenvalue weighted by atomic mass is 35.5. The summed E-state index contributed by atoms with van der Waals surface area (Å²) in [6, 6.07) is 19.8. The Morgan fingerprint density at radius 3 is 2.52 bits per heavy atom. The van der Waals surface area contributed by atoms with Gasteiger partial charge in [-0.3, -0.25) is 9.36 Å². The highest BCUT2D eigenvalue weighted by molar-refractivity contribution is 7.99. The van der Waals surface area contributed by atoms with Gasteiger partial charge in [0, 0.05) is 44.8 Å². The Labute approximate surface area is 243 Å². The molecule has 3 heterocycles. The predicted octanol–water partition coefficient (Wildman–Crippen LogP) is 4.30. The molecule has 11 heteroatoms. The fourth-order valence-corrected chi connectivity index (χ4v) is 6.02. The largest absolute Gasteiger partial charge is 0.351 e. The van der Waals surface area contributed by atoms with Crippen LogP contribution in [0.2, 0.25) is 5.15 Å². The molecule has 40 heavy (non-hydrogen) atoms. The Morgan fingerprint density at radius 2 is 1.77 bits per heavy atom. The molecule has 2 aromatic heterocycles. The fraction of sp³-hybridized carbons (Fsp3) is 0.379. The Hall–Kier alpha value is -3.34. The Morgan fingerprint density at radius 1 is 1.05 bits per heavy atom. The Balaban J connectivity index is 1.21. The van der Waals surface area contributed by atoms with Crippen LogP contribution in [0.15, 0.2) is 70.6 Å². The second-order valence-corrected chi connectivity index (χ2v) is 11.6. The summed E-state index contributed by atoms with van der Waals surface area (Å²) < 4.78 is 1.84. The van der Waals surface area contributed by atoms with Crippen molar-refractivity contribution in [1.82, 2.24) is 29.3 Å². The fourth-order valence-electron chi connectivity index (χ4n) is 5.04. The number of hydrogen-bond acceptors (Lipinski definition) is 7. The van der Waals surface area contributed by atoms with Gasteiger partial charge in [-0.25, -0.2) is 14.8 Å². The molecule has 1 amide bonds. The number of likely N-dealkylation sites (tertiary alicyclic amines) is 1. The zero-order chi connectivity index (χ0) is 28.1. The number of hydrogen-bond donors (Lipinski definition) is 1. The lowest BCUT2D eigenvalue weighted by molar-refractivity contribution is -0.129. The number of H-pyrrole nitrogens is 1. The van der Waals surface area contributed by atoms with Gasteiger partial charge < -0.3 is 19.7 Å². The van der Waals surface area contributed by atoms with Crippen LogP contribution in [0.25, 0.3) is 11.0 Å². The van der Waals surface area contributed by atoms with Gasteiger partial charge in [-0.05, 0) is 44.6 Å². The van der Waals surface area contributed by atoms with Crippen molar-refractivity contribution in [1.29, 1.82) is 0 Å². The molecule has 1 aliphatic rings. The molecule has 1 aliphatic heterocycles. The summed E-state index contributed by atoms with van der Waals surface area (Å²) in [5, 5.41) is 0.840. The first-order chi connectivity index (χ1) is 19.4. The normalized spacial score (nSPS) is 14.2. The number of halogens is 1.